The van der Waals surface area contributed by atoms with Crippen LogP contribution in [0.1, 0.15) is 26.3 Å². The fraction of sp³-hybridized carbons (Fsp3) is 0.211. The van der Waals surface area contributed by atoms with Crippen LogP contribution < -0.4 is 10.1 Å². The van der Waals surface area contributed by atoms with Gasteiger partial charge in [-0.15, -0.1) is 0 Å². The van der Waals surface area contributed by atoms with E-state index < -0.39 is 12.6 Å². The molecule has 0 aliphatic rings. The van der Waals surface area contributed by atoms with Crippen LogP contribution in [0.25, 0.3) is 0 Å². The fourth-order valence-corrected chi connectivity index (χ4v) is 2.15. The minimum atomic E-state index is -0.682. The van der Waals surface area contributed by atoms with Crippen LogP contribution in [0.15, 0.2) is 48.5 Å². The van der Waals surface area contributed by atoms with Crippen molar-refractivity contribution in [3.8, 4) is 5.75 Å². The summed E-state index contributed by atoms with van der Waals surface area (Å²) in [7, 11) is 1.50. The number of aryl methyl sites for hydroxylation is 1. The molecule has 0 unspecified atom stereocenters. The molecule has 2 aromatic rings. The van der Waals surface area contributed by atoms with Gasteiger partial charge >= 0.3 is 5.97 Å². The molecular weight excluding hydrogens is 322 g/mol. The largest absolute Gasteiger partial charge is 0.497 e. The number of benzene rings is 2. The van der Waals surface area contributed by atoms with Crippen LogP contribution in [0.5, 0.6) is 5.75 Å². The predicted molar refractivity (Wildman–Crippen MR) is 91.8 cm³/mol. The molecule has 0 radical (unpaired) electrons. The summed E-state index contributed by atoms with van der Waals surface area (Å²) < 4.78 is 9.94. The van der Waals surface area contributed by atoms with Crippen molar-refractivity contribution < 1.29 is 23.9 Å². The molecule has 0 atom stereocenters. The van der Waals surface area contributed by atoms with Gasteiger partial charge in [0, 0.05) is 11.1 Å². The van der Waals surface area contributed by atoms with E-state index in [1.54, 1.807) is 49.4 Å². The van der Waals surface area contributed by atoms with E-state index in [4.69, 9.17) is 9.47 Å². The van der Waals surface area contributed by atoms with Gasteiger partial charge in [0.25, 0.3) is 5.91 Å². The molecule has 130 valence electrons. The number of Topliss-reactive ketones (excluding diaryl/α,β-unsaturated/α-hetero) is 1. The summed E-state index contributed by atoms with van der Waals surface area (Å²) >= 11 is 0. The van der Waals surface area contributed by atoms with Crippen molar-refractivity contribution in [2.45, 2.75) is 6.92 Å². The molecule has 1 N–H and O–H groups in total. The van der Waals surface area contributed by atoms with E-state index in [0.29, 0.717) is 16.9 Å². The highest BCUT2D eigenvalue weighted by molar-refractivity contribution is 5.99. The molecule has 0 saturated heterocycles. The van der Waals surface area contributed by atoms with Crippen molar-refractivity contribution in [2.75, 3.05) is 20.3 Å². The van der Waals surface area contributed by atoms with Crippen LogP contribution in [0.3, 0.4) is 0 Å². The Morgan fingerprint density at radius 2 is 1.80 bits per heavy atom. The van der Waals surface area contributed by atoms with E-state index in [1.165, 1.54) is 7.11 Å². The summed E-state index contributed by atoms with van der Waals surface area (Å²) in [4.78, 5) is 35.7. The Hall–Kier alpha value is -3.15. The van der Waals surface area contributed by atoms with Gasteiger partial charge in [-0.05, 0) is 30.7 Å². The molecule has 2 aromatic carbocycles. The summed E-state index contributed by atoms with van der Waals surface area (Å²) in [6, 6.07) is 13.6. The molecule has 25 heavy (non-hydrogen) atoms. The Kier molecular flexibility index (Phi) is 6.28. The normalized spacial score (nSPS) is 10.0. The second-order valence-corrected chi connectivity index (χ2v) is 5.31. The molecule has 0 spiro atoms. The highest BCUT2D eigenvalue weighted by atomic mass is 16.5. The summed E-state index contributed by atoms with van der Waals surface area (Å²) in [5.41, 5.74) is 1.68. The van der Waals surface area contributed by atoms with Crippen LogP contribution in [0, 0.1) is 6.92 Å². The standard InChI is InChI=1S/C19H19NO5/c1-13-6-3-4-9-16(13)19(23)20-11-18(22)25-12-17(21)14-7-5-8-15(10-14)24-2/h3-10H,11-12H2,1-2H3,(H,20,23). The van der Waals surface area contributed by atoms with Gasteiger partial charge in [0.1, 0.15) is 12.3 Å². The van der Waals surface area contributed by atoms with Gasteiger partial charge in [0.2, 0.25) is 0 Å². The maximum atomic E-state index is 12.0. The van der Waals surface area contributed by atoms with E-state index in [2.05, 4.69) is 5.32 Å². The van der Waals surface area contributed by atoms with Gasteiger partial charge in [-0.3, -0.25) is 14.4 Å². The summed E-state index contributed by atoms with van der Waals surface area (Å²) in [5, 5.41) is 2.48. The fourth-order valence-electron chi connectivity index (χ4n) is 2.15. The Balaban J connectivity index is 1.81. The SMILES string of the molecule is COc1cccc(C(=O)COC(=O)CNC(=O)c2ccccc2C)c1. The first-order valence-corrected chi connectivity index (χ1v) is 7.68. The maximum Gasteiger partial charge on any atom is 0.325 e. The number of hydrogen-bond acceptors (Lipinski definition) is 5. The third kappa shape index (κ3) is 5.17. The Morgan fingerprint density at radius 3 is 2.52 bits per heavy atom. The minimum Gasteiger partial charge on any atom is -0.497 e. The molecule has 0 fully saturated rings. The molecular formula is C19H19NO5. The van der Waals surface area contributed by atoms with Gasteiger partial charge < -0.3 is 14.8 Å². The van der Waals surface area contributed by atoms with Crippen molar-refractivity contribution in [2.24, 2.45) is 0 Å². The van der Waals surface area contributed by atoms with Crippen LogP contribution in [-0.2, 0) is 9.53 Å². The first-order chi connectivity index (χ1) is 12.0. The smallest absolute Gasteiger partial charge is 0.325 e. The third-order valence-corrected chi connectivity index (χ3v) is 3.54. The first kappa shape index (κ1) is 18.2. The Labute approximate surface area is 145 Å². The average molecular weight is 341 g/mol. The lowest BCUT2D eigenvalue weighted by Gasteiger charge is -2.08. The monoisotopic (exact) mass is 341 g/mol. The van der Waals surface area contributed by atoms with Gasteiger partial charge in [0.15, 0.2) is 12.4 Å². The molecule has 0 saturated carbocycles. The molecule has 1 amide bonds. The van der Waals surface area contributed by atoms with Gasteiger partial charge in [-0.25, -0.2) is 0 Å². The first-order valence-electron chi connectivity index (χ1n) is 7.68. The van der Waals surface area contributed by atoms with Crippen molar-refractivity contribution in [3.05, 3.63) is 65.2 Å². The lowest BCUT2D eigenvalue weighted by Crippen LogP contribution is -2.31. The molecule has 0 aliphatic carbocycles. The molecule has 2 rings (SSSR count). The zero-order valence-electron chi connectivity index (χ0n) is 14.1. The van der Waals surface area contributed by atoms with Crippen LogP contribution >= 0.6 is 0 Å². The van der Waals surface area contributed by atoms with E-state index in [-0.39, 0.29) is 18.2 Å². The second-order valence-electron chi connectivity index (χ2n) is 5.31. The highest BCUT2D eigenvalue weighted by Gasteiger charge is 2.13. The van der Waals surface area contributed by atoms with E-state index in [1.807, 2.05) is 6.07 Å². The van der Waals surface area contributed by atoms with Crippen molar-refractivity contribution >= 4 is 17.7 Å². The van der Waals surface area contributed by atoms with E-state index in [0.717, 1.165) is 5.56 Å². The van der Waals surface area contributed by atoms with E-state index in [9.17, 15) is 14.4 Å². The van der Waals surface area contributed by atoms with Gasteiger partial charge in [-0.2, -0.15) is 0 Å². The number of methoxy groups -OCH3 is 1. The zero-order chi connectivity index (χ0) is 18.2. The zero-order valence-corrected chi connectivity index (χ0v) is 14.1. The topological polar surface area (TPSA) is 81.7 Å². The predicted octanol–water partition coefficient (Wildman–Crippen LogP) is 2.16. The number of ether oxygens (including phenoxy) is 2. The number of amides is 1. The summed E-state index contributed by atoms with van der Waals surface area (Å²) in [5.74, 6) is -0.854. The number of rotatable bonds is 7. The van der Waals surface area contributed by atoms with Crippen molar-refractivity contribution in [3.63, 3.8) is 0 Å². The highest BCUT2D eigenvalue weighted by Crippen LogP contribution is 2.13. The molecule has 0 bridgehead atoms. The number of esters is 1. The second kappa shape index (κ2) is 8.63. The molecule has 6 nitrogen and oxygen atoms in total. The summed E-state index contributed by atoms with van der Waals surface area (Å²) in [6.07, 6.45) is 0. The van der Waals surface area contributed by atoms with Crippen LogP contribution in [-0.4, -0.2) is 37.9 Å². The van der Waals surface area contributed by atoms with E-state index >= 15 is 0 Å². The average Bonchev–Trinajstić information content (AvgIpc) is 2.64. The molecule has 0 aromatic heterocycles. The lowest BCUT2D eigenvalue weighted by atomic mass is 10.1. The molecule has 6 heteroatoms. The van der Waals surface area contributed by atoms with Gasteiger partial charge in [-0.1, -0.05) is 30.3 Å². The number of carbonyl (C=O) groups excluding carboxylic acids is 3. The lowest BCUT2D eigenvalue weighted by molar-refractivity contribution is -0.141. The number of nitrogens with one attached hydrogen (secondary N) is 1. The summed E-state index contributed by atoms with van der Waals surface area (Å²) in [6.45, 7) is 1.10. The number of hydrogen-bond donors (Lipinski definition) is 1. The number of carbonyl (C=O) groups is 3. The minimum absolute atomic E-state index is 0.307. The maximum absolute atomic E-state index is 12.0. The van der Waals surface area contributed by atoms with Crippen molar-refractivity contribution in [1.29, 1.82) is 0 Å². The van der Waals surface area contributed by atoms with Crippen molar-refractivity contribution in [1.82, 2.24) is 5.32 Å². The van der Waals surface area contributed by atoms with Gasteiger partial charge in [0.05, 0.1) is 7.11 Å². The number of ketones is 1. The Bertz CT molecular complexity index is 785. The molecule has 0 aliphatic heterocycles. The van der Waals surface area contributed by atoms with Crippen LogP contribution in [0.4, 0.5) is 0 Å². The van der Waals surface area contributed by atoms with Crippen LogP contribution in [0.2, 0.25) is 0 Å². The third-order valence-electron chi connectivity index (χ3n) is 3.54. The Morgan fingerprint density at radius 1 is 1.04 bits per heavy atom. The molecule has 0 heterocycles. The quantitative estimate of drug-likeness (QED) is 0.616.